The Hall–Kier alpha value is -3.56. The summed E-state index contributed by atoms with van der Waals surface area (Å²) >= 11 is 0. The van der Waals surface area contributed by atoms with Crippen LogP contribution in [0.25, 0.3) is 5.65 Å². The van der Waals surface area contributed by atoms with Gasteiger partial charge in [0.15, 0.2) is 15.5 Å². The molecule has 1 amide bonds. The molecule has 1 aromatic carbocycles. The summed E-state index contributed by atoms with van der Waals surface area (Å²) in [4.78, 5) is 21.7. The quantitative estimate of drug-likeness (QED) is 0.489. The number of carbonyl (C=O) groups is 1. The molecule has 0 saturated carbocycles. The average molecular weight is 541 g/mol. The van der Waals surface area contributed by atoms with Gasteiger partial charge in [-0.2, -0.15) is 10.4 Å². The molecule has 0 aliphatic carbocycles. The van der Waals surface area contributed by atoms with E-state index >= 15 is 0 Å². The highest BCUT2D eigenvalue weighted by molar-refractivity contribution is 7.91. The Morgan fingerprint density at radius 1 is 1.26 bits per heavy atom. The van der Waals surface area contributed by atoms with E-state index in [4.69, 9.17) is 4.98 Å². The Bertz CT molecular complexity index is 1550. The number of anilines is 1. The monoisotopic (exact) mass is 540 g/mol. The fraction of sp³-hybridized carbons (Fsp3) is 0.462. The lowest BCUT2D eigenvalue weighted by molar-refractivity contribution is 0.0600. The normalized spacial score (nSPS) is 22.1. The van der Waals surface area contributed by atoms with E-state index in [-0.39, 0.29) is 16.2 Å². The molecular formula is C26H29FN6O4S. The SMILES string of the molecule is CCS(=O)(=O)c1ccc(F)c(C(=O)N2CCCC[C@H]2c2cc3nc(N4C[C@@H](C#N)[C@@H](O)C4)c(C)cn3n2)c1. The lowest BCUT2D eigenvalue weighted by Gasteiger charge is -2.35. The Morgan fingerprint density at radius 2 is 2.05 bits per heavy atom. The Balaban J connectivity index is 1.48. The third-order valence-corrected chi connectivity index (χ3v) is 9.12. The smallest absolute Gasteiger partial charge is 0.257 e. The molecule has 200 valence electrons. The van der Waals surface area contributed by atoms with Crippen LogP contribution < -0.4 is 4.90 Å². The van der Waals surface area contributed by atoms with E-state index in [9.17, 15) is 28.0 Å². The van der Waals surface area contributed by atoms with Crippen molar-refractivity contribution >= 4 is 27.2 Å². The summed E-state index contributed by atoms with van der Waals surface area (Å²) in [7, 11) is -3.61. The van der Waals surface area contributed by atoms with E-state index in [0.717, 1.165) is 30.5 Å². The molecule has 2 aliphatic rings. The maximum atomic E-state index is 14.8. The molecule has 0 bridgehead atoms. The molecule has 5 rings (SSSR count). The summed E-state index contributed by atoms with van der Waals surface area (Å²) in [6.07, 6.45) is 3.29. The summed E-state index contributed by atoms with van der Waals surface area (Å²) < 4.78 is 41.1. The van der Waals surface area contributed by atoms with Crippen molar-refractivity contribution < 1.29 is 22.7 Å². The van der Waals surface area contributed by atoms with Gasteiger partial charge < -0.3 is 14.9 Å². The van der Waals surface area contributed by atoms with Gasteiger partial charge in [-0.25, -0.2) is 22.3 Å². The third-order valence-electron chi connectivity index (χ3n) is 7.39. The number of fused-ring (bicyclic) bond motifs is 1. The van der Waals surface area contributed by atoms with Crippen molar-refractivity contribution in [3.63, 3.8) is 0 Å². The highest BCUT2D eigenvalue weighted by atomic mass is 32.2. The number of aryl methyl sites for hydroxylation is 1. The number of hydrogen-bond donors (Lipinski definition) is 1. The molecule has 38 heavy (non-hydrogen) atoms. The molecule has 0 unspecified atom stereocenters. The number of rotatable bonds is 5. The average Bonchev–Trinajstić information content (AvgIpc) is 3.50. The molecule has 12 heteroatoms. The minimum absolute atomic E-state index is 0.0797. The number of aromatic nitrogens is 3. The Kier molecular flexibility index (Phi) is 6.83. The topological polar surface area (TPSA) is 132 Å². The second kappa shape index (κ2) is 9.96. The van der Waals surface area contributed by atoms with Crippen LogP contribution >= 0.6 is 0 Å². The van der Waals surface area contributed by atoms with Gasteiger partial charge in [0.05, 0.1) is 46.0 Å². The van der Waals surface area contributed by atoms with Crippen molar-refractivity contribution in [3.05, 3.63) is 53.1 Å². The van der Waals surface area contributed by atoms with Crippen LogP contribution in [0.15, 0.2) is 35.4 Å². The number of β-amino-alcohol motifs (C(OH)–C–C–N with tert-alkyl or cyclic N) is 1. The predicted molar refractivity (Wildman–Crippen MR) is 137 cm³/mol. The second-order valence-corrected chi connectivity index (χ2v) is 12.2. The molecule has 2 aromatic heterocycles. The van der Waals surface area contributed by atoms with Gasteiger partial charge in [0.25, 0.3) is 5.91 Å². The maximum absolute atomic E-state index is 14.8. The highest BCUT2D eigenvalue weighted by Gasteiger charge is 2.34. The molecule has 2 saturated heterocycles. The van der Waals surface area contributed by atoms with Crippen LogP contribution in [0, 0.1) is 30.0 Å². The fourth-order valence-corrected chi connectivity index (χ4v) is 6.16. The largest absolute Gasteiger partial charge is 0.390 e. The number of carbonyl (C=O) groups excluding carboxylic acids is 1. The first-order valence-electron chi connectivity index (χ1n) is 12.7. The van der Waals surface area contributed by atoms with Gasteiger partial charge in [0.1, 0.15) is 11.6 Å². The Labute approximate surface area is 220 Å². The minimum atomic E-state index is -3.61. The van der Waals surface area contributed by atoms with E-state index in [2.05, 4.69) is 11.2 Å². The molecular weight excluding hydrogens is 511 g/mol. The summed E-state index contributed by atoms with van der Waals surface area (Å²) in [6, 6.07) is 6.84. The van der Waals surface area contributed by atoms with Gasteiger partial charge in [-0.1, -0.05) is 6.92 Å². The van der Waals surface area contributed by atoms with Gasteiger partial charge in [-0.3, -0.25) is 4.79 Å². The van der Waals surface area contributed by atoms with Crippen LogP contribution in [0.5, 0.6) is 0 Å². The number of nitriles is 1. The number of likely N-dealkylation sites (tertiary alicyclic amines) is 1. The van der Waals surface area contributed by atoms with Crippen LogP contribution in [-0.4, -0.2) is 70.4 Å². The first kappa shape index (κ1) is 26.1. The van der Waals surface area contributed by atoms with Crippen molar-refractivity contribution in [2.45, 2.75) is 50.2 Å². The molecule has 10 nitrogen and oxygen atoms in total. The van der Waals surface area contributed by atoms with Crippen molar-refractivity contribution in [1.29, 1.82) is 5.26 Å². The number of aliphatic hydroxyl groups excluding tert-OH is 1. The van der Waals surface area contributed by atoms with E-state index in [1.807, 2.05) is 18.0 Å². The third kappa shape index (κ3) is 4.61. The van der Waals surface area contributed by atoms with Crippen LogP contribution in [0.4, 0.5) is 10.2 Å². The summed E-state index contributed by atoms with van der Waals surface area (Å²) in [5.74, 6) is -1.32. The molecule has 0 spiro atoms. The number of aliphatic hydroxyl groups is 1. The lowest BCUT2D eigenvalue weighted by Crippen LogP contribution is -2.39. The van der Waals surface area contributed by atoms with Gasteiger partial charge >= 0.3 is 0 Å². The summed E-state index contributed by atoms with van der Waals surface area (Å²) in [6.45, 7) is 4.46. The number of hydrogen-bond acceptors (Lipinski definition) is 8. The molecule has 3 atom stereocenters. The van der Waals surface area contributed by atoms with Crippen LogP contribution in [0.3, 0.4) is 0 Å². The van der Waals surface area contributed by atoms with Crippen LogP contribution in [0.1, 0.15) is 53.8 Å². The first-order chi connectivity index (χ1) is 18.1. The molecule has 0 radical (unpaired) electrons. The maximum Gasteiger partial charge on any atom is 0.257 e. The van der Waals surface area contributed by atoms with E-state index in [1.165, 1.54) is 13.0 Å². The number of amides is 1. The highest BCUT2D eigenvalue weighted by Crippen LogP contribution is 2.34. The molecule has 2 aliphatic heterocycles. The minimum Gasteiger partial charge on any atom is -0.390 e. The molecule has 2 fully saturated rings. The van der Waals surface area contributed by atoms with Gasteiger partial charge in [0.2, 0.25) is 0 Å². The van der Waals surface area contributed by atoms with Gasteiger partial charge in [-0.05, 0) is 44.4 Å². The zero-order valence-electron chi connectivity index (χ0n) is 21.2. The van der Waals surface area contributed by atoms with Crippen molar-refractivity contribution in [3.8, 4) is 6.07 Å². The van der Waals surface area contributed by atoms with Crippen LogP contribution in [-0.2, 0) is 9.84 Å². The van der Waals surface area contributed by atoms with Crippen molar-refractivity contribution in [2.24, 2.45) is 5.92 Å². The zero-order valence-corrected chi connectivity index (χ0v) is 22.0. The van der Waals surface area contributed by atoms with Gasteiger partial charge in [0, 0.05) is 37.5 Å². The first-order valence-corrected chi connectivity index (χ1v) is 14.3. The fourth-order valence-electron chi connectivity index (χ4n) is 5.25. The molecule has 3 aromatic rings. The summed E-state index contributed by atoms with van der Waals surface area (Å²) in [5, 5.41) is 24.1. The number of piperidine rings is 1. The van der Waals surface area contributed by atoms with Crippen LogP contribution in [0.2, 0.25) is 0 Å². The van der Waals surface area contributed by atoms with E-state index < -0.39 is 39.6 Å². The van der Waals surface area contributed by atoms with E-state index in [0.29, 0.717) is 43.2 Å². The summed E-state index contributed by atoms with van der Waals surface area (Å²) in [5.41, 5.74) is 1.71. The zero-order chi connectivity index (χ0) is 27.2. The second-order valence-electron chi connectivity index (χ2n) is 9.88. The number of nitrogens with zero attached hydrogens (tertiary/aromatic N) is 6. The van der Waals surface area contributed by atoms with Crippen molar-refractivity contribution in [2.75, 3.05) is 30.3 Å². The number of sulfone groups is 1. The number of halogens is 1. The predicted octanol–water partition coefficient (Wildman–Crippen LogP) is 2.66. The molecule has 1 N–H and O–H groups in total. The van der Waals surface area contributed by atoms with Gasteiger partial charge in [-0.15, -0.1) is 0 Å². The lowest BCUT2D eigenvalue weighted by atomic mass is 9.98. The van der Waals surface area contributed by atoms with Crippen molar-refractivity contribution in [1.82, 2.24) is 19.5 Å². The standard InChI is InChI=1S/C26H29FN6O4S/c1-3-38(36,37)18-7-8-20(27)19(10-18)26(35)32-9-5-4-6-22(32)21-11-24-29-25(16(2)13-33(24)30-21)31-14-17(12-28)23(34)15-31/h7-8,10-11,13,17,22-23,34H,3-6,9,14-15H2,1-2H3/t17-,22+,23+/m1/s1. The molecule has 4 heterocycles. The Morgan fingerprint density at radius 3 is 2.76 bits per heavy atom. The number of benzene rings is 1. The van der Waals surface area contributed by atoms with E-state index in [1.54, 1.807) is 15.5 Å².